The summed E-state index contributed by atoms with van der Waals surface area (Å²) >= 11 is 5.96. The molecule has 1 unspecified atom stereocenters. The van der Waals surface area contributed by atoms with Crippen LogP contribution in [0.15, 0.2) is 18.2 Å². The van der Waals surface area contributed by atoms with Gasteiger partial charge in [0.05, 0.1) is 6.61 Å². The highest BCUT2D eigenvalue weighted by Crippen LogP contribution is 2.24. The summed E-state index contributed by atoms with van der Waals surface area (Å²) in [6.45, 7) is 4.22. The fourth-order valence-corrected chi connectivity index (χ4v) is 2.83. The third-order valence-electron chi connectivity index (χ3n) is 3.67. The van der Waals surface area contributed by atoms with Crippen molar-refractivity contribution >= 4 is 17.5 Å². The van der Waals surface area contributed by atoms with Crippen molar-refractivity contribution in [2.45, 2.75) is 19.8 Å². The Morgan fingerprint density at radius 2 is 2.26 bits per heavy atom. The summed E-state index contributed by atoms with van der Waals surface area (Å²) < 4.78 is 5.03. The second-order valence-corrected chi connectivity index (χ2v) is 5.61. The highest BCUT2D eigenvalue weighted by Gasteiger charge is 2.29. The molecule has 1 aliphatic heterocycles. The molecule has 1 aliphatic rings. The molecule has 1 aromatic rings. The largest absolute Gasteiger partial charge is 0.383 e. The molecule has 0 aliphatic carbocycles. The maximum absolute atomic E-state index is 11.9. The standard InChI is InChI=1S/C15H20ClNO2/c1-11-7-14(16)4-3-13(11)8-12-9-15(18)17(10-12)5-6-19-2/h3-4,7,12H,5-6,8-10H2,1-2H3. The van der Waals surface area contributed by atoms with Gasteiger partial charge in [0.1, 0.15) is 0 Å². The van der Waals surface area contributed by atoms with Crippen LogP contribution in [0.2, 0.25) is 5.02 Å². The van der Waals surface area contributed by atoms with Gasteiger partial charge in [-0.1, -0.05) is 17.7 Å². The number of hydrogen-bond donors (Lipinski definition) is 0. The van der Waals surface area contributed by atoms with Crippen LogP contribution in [0, 0.1) is 12.8 Å². The van der Waals surface area contributed by atoms with Crippen molar-refractivity contribution in [2.24, 2.45) is 5.92 Å². The highest BCUT2D eigenvalue weighted by molar-refractivity contribution is 6.30. The van der Waals surface area contributed by atoms with E-state index in [9.17, 15) is 4.79 Å². The fourth-order valence-electron chi connectivity index (χ4n) is 2.61. The van der Waals surface area contributed by atoms with Crippen molar-refractivity contribution in [3.05, 3.63) is 34.3 Å². The van der Waals surface area contributed by atoms with Gasteiger partial charge in [0.25, 0.3) is 0 Å². The minimum atomic E-state index is 0.244. The quantitative estimate of drug-likeness (QED) is 0.830. The first-order valence-corrected chi connectivity index (χ1v) is 6.99. The van der Waals surface area contributed by atoms with E-state index in [2.05, 4.69) is 13.0 Å². The molecule has 3 nitrogen and oxygen atoms in total. The molecule has 1 fully saturated rings. The number of nitrogens with zero attached hydrogens (tertiary/aromatic N) is 1. The van der Waals surface area contributed by atoms with Gasteiger partial charge in [-0.15, -0.1) is 0 Å². The zero-order chi connectivity index (χ0) is 13.8. The summed E-state index contributed by atoms with van der Waals surface area (Å²) in [5.74, 6) is 0.651. The van der Waals surface area contributed by atoms with Crippen molar-refractivity contribution in [1.29, 1.82) is 0 Å². The Hall–Kier alpha value is -1.06. The fraction of sp³-hybridized carbons (Fsp3) is 0.533. The first-order chi connectivity index (χ1) is 9.10. The first-order valence-electron chi connectivity index (χ1n) is 6.62. The van der Waals surface area contributed by atoms with Gasteiger partial charge in [-0.05, 0) is 42.5 Å². The lowest BCUT2D eigenvalue weighted by Crippen LogP contribution is -2.28. The molecule has 0 saturated carbocycles. The first kappa shape index (κ1) is 14.4. The van der Waals surface area contributed by atoms with Crippen LogP contribution < -0.4 is 0 Å². The zero-order valence-electron chi connectivity index (χ0n) is 11.5. The number of carbonyl (C=O) groups excluding carboxylic acids is 1. The van der Waals surface area contributed by atoms with Crippen LogP contribution in [-0.4, -0.2) is 37.6 Å². The average molecular weight is 282 g/mol. The molecule has 0 N–H and O–H groups in total. The summed E-state index contributed by atoms with van der Waals surface area (Å²) in [6.07, 6.45) is 1.59. The number of amides is 1. The molecule has 1 saturated heterocycles. The van der Waals surface area contributed by atoms with Crippen LogP contribution in [0.3, 0.4) is 0 Å². The predicted octanol–water partition coefficient (Wildman–Crippen LogP) is 2.69. The minimum absolute atomic E-state index is 0.244. The van der Waals surface area contributed by atoms with Crippen LogP contribution >= 0.6 is 11.6 Å². The van der Waals surface area contributed by atoms with Gasteiger partial charge in [-0.3, -0.25) is 4.79 Å². The number of halogens is 1. The number of ether oxygens (including phenoxy) is 1. The Labute approximate surface area is 119 Å². The number of rotatable bonds is 5. The van der Waals surface area contributed by atoms with E-state index in [0.29, 0.717) is 25.5 Å². The van der Waals surface area contributed by atoms with Crippen LogP contribution in [-0.2, 0) is 16.0 Å². The van der Waals surface area contributed by atoms with E-state index in [1.807, 2.05) is 17.0 Å². The van der Waals surface area contributed by atoms with E-state index in [1.165, 1.54) is 11.1 Å². The molecule has 1 atom stereocenters. The summed E-state index contributed by atoms with van der Waals surface area (Å²) in [5.41, 5.74) is 2.49. The van der Waals surface area contributed by atoms with Gasteiger partial charge in [0.2, 0.25) is 5.91 Å². The molecule has 19 heavy (non-hydrogen) atoms. The second-order valence-electron chi connectivity index (χ2n) is 5.18. The Morgan fingerprint density at radius 3 is 2.95 bits per heavy atom. The van der Waals surface area contributed by atoms with E-state index < -0.39 is 0 Å². The minimum Gasteiger partial charge on any atom is -0.383 e. The zero-order valence-corrected chi connectivity index (χ0v) is 12.2. The SMILES string of the molecule is COCCN1CC(Cc2ccc(Cl)cc2C)CC1=O. The van der Waals surface area contributed by atoms with Gasteiger partial charge in [-0.2, -0.15) is 0 Å². The maximum atomic E-state index is 11.9. The number of hydrogen-bond acceptors (Lipinski definition) is 2. The van der Waals surface area contributed by atoms with E-state index in [0.717, 1.165) is 18.0 Å². The van der Waals surface area contributed by atoms with Gasteiger partial charge < -0.3 is 9.64 Å². The van der Waals surface area contributed by atoms with Gasteiger partial charge in [0, 0.05) is 31.6 Å². The van der Waals surface area contributed by atoms with E-state index in [4.69, 9.17) is 16.3 Å². The lowest BCUT2D eigenvalue weighted by molar-refractivity contribution is -0.128. The van der Waals surface area contributed by atoms with E-state index in [1.54, 1.807) is 7.11 Å². The monoisotopic (exact) mass is 281 g/mol. The van der Waals surface area contributed by atoms with Crippen molar-refractivity contribution < 1.29 is 9.53 Å². The van der Waals surface area contributed by atoms with Crippen LogP contribution in [0.4, 0.5) is 0 Å². The highest BCUT2D eigenvalue weighted by atomic mass is 35.5. The molecule has 1 heterocycles. The lowest BCUT2D eigenvalue weighted by atomic mass is 9.95. The maximum Gasteiger partial charge on any atom is 0.223 e. The number of likely N-dealkylation sites (tertiary alicyclic amines) is 1. The third-order valence-corrected chi connectivity index (χ3v) is 3.91. The van der Waals surface area contributed by atoms with E-state index >= 15 is 0 Å². The molecule has 1 amide bonds. The Bertz CT molecular complexity index is 461. The molecule has 2 rings (SSSR count). The number of aryl methyl sites for hydroxylation is 1. The van der Waals surface area contributed by atoms with E-state index in [-0.39, 0.29) is 5.91 Å². The third kappa shape index (κ3) is 3.71. The number of methoxy groups -OCH3 is 1. The molecular weight excluding hydrogens is 262 g/mol. The van der Waals surface area contributed by atoms with Crippen molar-refractivity contribution in [1.82, 2.24) is 4.90 Å². The summed E-state index contributed by atoms with van der Waals surface area (Å²) in [5, 5.41) is 0.769. The molecule has 0 radical (unpaired) electrons. The Morgan fingerprint density at radius 1 is 1.47 bits per heavy atom. The van der Waals surface area contributed by atoms with Crippen LogP contribution in [0.1, 0.15) is 17.5 Å². The normalized spacial score (nSPS) is 19.2. The smallest absolute Gasteiger partial charge is 0.223 e. The Balaban J connectivity index is 1.95. The molecular formula is C15H20ClNO2. The molecule has 0 spiro atoms. The summed E-state index contributed by atoms with van der Waals surface area (Å²) in [4.78, 5) is 13.8. The Kier molecular flexibility index (Phi) is 4.83. The van der Waals surface area contributed by atoms with Crippen LogP contribution in [0.5, 0.6) is 0 Å². The van der Waals surface area contributed by atoms with Gasteiger partial charge >= 0.3 is 0 Å². The van der Waals surface area contributed by atoms with Crippen molar-refractivity contribution in [2.75, 3.05) is 26.8 Å². The molecule has 0 aromatic heterocycles. The molecule has 0 bridgehead atoms. The van der Waals surface area contributed by atoms with Crippen molar-refractivity contribution in [3.8, 4) is 0 Å². The van der Waals surface area contributed by atoms with Crippen LogP contribution in [0.25, 0.3) is 0 Å². The average Bonchev–Trinajstić information content (AvgIpc) is 2.71. The number of benzene rings is 1. The van der Waals surface area contributed by atoms with Gasteiger partial charge in [-0.25, -0.2) is 0 Å². The topological polar surface area (TPSA) is 29.5 Å². The molecule has 104 valence electrons. The van der Waals surface area contributed by atoms with Gasteiger partial charge in [0.15, 0.2) is 0 Å². The van der Waals surface area contributed by atoms with Crippen molar-refractivity contribution in [3.63, 3.8) is 0 Å². The lowest BCUT2D eigenvalue weighted by Gasteiger charge is -2.16. The summed E-state index contributed by atoms with van der Waals surface area (Å²) in [7, 11) is 1.66. The second kappa shape index (κ2) is 6.40. The predicted molar refractivity (Wildman–Crippen MR) is 76.5 cm³/mol. The molecule has 1 aromatic carbocycles. The molecule has 4 heteroatoms. The number of carbonyl (C=O) groups is 1. The summed E-state index contributed by atoms with van der Waals surface area (Å²) in [6, 6.07) is 5.97.